The SMILES string of the molecule is Cc1ccc(Sc2nc3ccccc3nc2N)cc1. The van der Waals surface area contributed by atoms with Gasteiger partial charge < -0.3 is 5.73 Å². The van der Waals surface area contributed by atoms with Gasteiger partial charge in [0.1, 0.15) is 5.03 Å². The molecule has 0 unspecified atom stereocenters. The van der Waals surface area contributed by atoms with E-state index in [9.17, 15) is 0 Å². The van der Waals surface area contributed by atoms with E-state index in [1.54, 1.807) is 0 Å². The van der Waals surface area contributed by atoms with E-state index in [2.05, 4.69) is 41.2 Å². The number of aromatic nitrogens is 2. The highest BCUT2D eigenvalue weighted by molar-refractivity contribution is 7.99. The van der Waals surface area contributed by atoms with E-state index in [0.29, 0.717) is 5.82 Å². The van der Waals surface area contributed by atoms with Crippen molar-refractivity contribution in [2.75, 3.05) is 5.73 Å². The number of nitrogen functional groups attached to an aromatic ring is 1. The fourth-order valence-corrected chi connectivity index (χ4v) is 2.58. The van der Waals surface area contributed by atoms with Gasteiger partial charge in [-0.25, -0.2) is 9.97 Å². The number of rotatable bonds is 2. The molecule has 3 nitrogen and oxygen atoms in total. The fraction of sp³-hybridized carbons (Fsp3) is 0.0667. The van der Waals surface area contributed by atoms with Crippen LogP contribution in [0.3, 0.4) is 0 Å². The van der Waals surface area contributed by atoms with Crippen LogP contribution in [0.4, 0.5) is 5.82 Å². The topological polar surface area (TPSA) is 51.8 Å². The Balaban J connectivity index is 2.00. The third-order valence-corrected chi connectivity index (χ3v) is 3.80. The number of benzene rings is 2. The molecule has 1 heterocycles. The molecule has 0 amide bonds. The third-order valence-electron chi connectivity index (χ3n) is 2.80. The summed E-state index contributed by atoms with van der Waals surface area (Å²) in [6.45, 7) is 2.07. The molecular weight excluding hydrogens is 254 g/mol. The van der Waals surface area contributed by atoms with Crippen molar-refractivity contribution in [2.24, 2.45) is 0 Å². The monoisotopic (exact) mass is 267 g/mol. The lowest BCUT2D eigenvalue weighted by Gasteiger charge is -2.06. The first-order valence-corrected chi connectivity index (χ1v) is 6.81. The normalized spacial score (nSPS) is 10.8. The lowest BCUT2D eigenvalue weighted by molar-refractivity contribution is 1.13. The Bertz CT molecular complexity index is 723. The molecule has 3 rings (SSSR count). The predicted molar refractivity (Wildman–Crippen MR) is 79.3 cm³/mol. The standard InChI is InChI=1S/C15H13N3S/c1-10-6-8-11(9-7-10)19-15-14(16)17-12-4-2-3-5-13(12)18-15/h2-9H,1H3,(H2,16,17). The summed E-state index contributed by atoms with van der Waals surface area (Å²) in [5.41, 5.74) is 8.90. The molecule has 0 atom stereocenters. The van der Waals surface area contributed by atoms with Gasteiger partial charge in [0.05, 0.1) is 11.0 Å². The van der Waals surface area contributed by atoms with Crippen LogP contribution in [-0.2, 0) is 0 Å². The van der Waals surface area contributed by atoms with Crippen LogP contribution in [0.1, 0.15) is 5.56 Å². The van der Waals surface area contributed by atoms with E-state index in [-0.39, 0.29) is 0 Å². The zero-order valence-corrected chi connectivity index (χ0v) is 11.3. The summed E-state index contributed by atoms with van der Waals surface area (Å²) < 4.78 is 0. The van der Waals surface area contributed by atoms with Gasteiger partial charge in [-0.2, -0.15) is 0 Å². The number of nitrogens with two attached hydrogens (primary N) is 1. The van der Waals surface area contributed by atoms with Crippen LogP contribution in [0, 0.1) is 6.92 Å². The van der Waals surface area contributed by atoms with E-state index in [1.807, 2.05) is 24.3 Å². The molecule has 19 heavy (non-hydrogen) atoms. The number of anilines is 1. The molecule has 0 aliphatic rings. The van der Waals surface area contributed by atoms with E-state index in [1.165, 1.54) is 17.3 Å². The first kappa shape index (κ1) is 12.0. The van der Waals surface area contributed by atoms with Crippen LogP contribution >= 0.6 is 11.8 Å². The van der Waals surface area contributed by atoms with E-state index in [4.69, 9.17) is 5.73 Å². The van der Waals surface area contributed by atoms with Crippen LogP contribution in [0.5, 0.6) is 0 Å². The first-order valence-electron chi connectivity index (χ1n) is 5.99. The maximum absolute atomic E-state index is 5.97. The molecule has 2 N–H and O–H groups in total. The quantitative estimate of drug-likeness (QED) is 0.769. The lowest BCUT2D eigenvalue weighted by Crippen LogP contribution is -1.97. The molecule has 2 aromatic carbocycles. The van der Waals surface area contributed by atoms with Crippen LogP contribution in [-0.4, -0.2) is 9.97 Å². The zero-order chi connectivity index (χ0) is 13.2. The Hall–Kier alpha value is -2.07. The van der Waals surface area contributed by atoms with Gasteiger partial charge in [-0.05, 0) is 31.2 Å². The Kier molecular flexibility index (Phi) is 3.09. The van der Waals surface area contributed by atoms with E-state index >= 15 is 0 Å². The Morgan fingerprint density at radius 1 is 0.895 bits per heavy atom. The van der Waals surface area contributed by atoms with Crippen molar-refractivity contribution < 1.29 is 0 Å². The van der Waals surface area contributed by atoms with Gasteiger partial charge >= 0.3 is 0 Å². The number of hydrogen-bond donors (Lipinski definition) is 1. The largest absolute Gasteiger partial charge is 0.381 e. The first-order chi connectivity index (χ1) is 9.22. The number of fused-ring (bicyclic) bond motifs is 1. The second-order valence-corrected chi connectivity index (χ2v) is 5.38. The molecule has 4 heteroatoms. The molecule has 0 spiro atoms. The van der Waals surface area contributed by atoms with Gasteiger partial charge in [0.2, 0.25) is 0 Å². The highest BCUT2D eigenvalue weighted by atomic mass is 32.2. The van der Waals surface area contributed by atoms with Gasteiger partial charge in [0, 0.05) is 4.90 Å². The molecule has 0 aliphatic carbocycles. The zero-order valence-electron chi connectivity index (χ0n) is 10.5. The molecule has 1 aromatic heterocycles. The van der Waals surface area contributed by atoms with Gasteiger partial charge in [0.25, 0.3) is 0 Å². The predicted octanol–water partition coefficient (Wildman–Crippen LogP) is 3.67. The van der Waals surface area contributed by atoms with Crippen LogP contribution in [0.25, 0.3) is 11.0 Å². The Labute approximate surface area is 115 Å². The highest BCUT2D eigenvalue weighted by Gasteiger charge is 2.07. The number of para-hydroxylation sites is 2. The van der Waals surface area contributed by atoms with Gasteiger partial charge in [-0.3, -0.25) is 0 Å². The minimum atomic E-state index is 0.476. The minimum absolute atomic E-state index is 0.476. The summed E-state index contributed by atoms with van der Waals surface area (Å²) in [4.78, 5) is 10.1. The molecule has 3 aromatic rings. The molecule has 0 bridgehead atoms. The molecule has 94 valence electrons. The van der Waals surface area contributed by atoms with Crippen molar-refractivity contribution in [3.05, 3.63) is 54.1 Å². The summed E-state index contributed by atoms with van der Waals surface area (Å²) in [7, 11) is 0. The van der Waals surface area contributed by atoms with Crippen LogP contribution in [0.15, 0.2) is 58.5 Å². The number of hydrogen-bond acceptors (Lipinski definition) is 4. The molecule has 0 radical (unpaired) electrons. The van der Waals surface area contributed by atoms with Gasteiger partial charge in [-0.1, -0.05) is 41.6 Å². The molecule has 0 saturated carbocycles. The van der Waals surface area contributed by atoms with Crippen molar-refractivity contribution in [1.29, 1.82) is 0 Å². The Morgan fingerprint density at radius 2 is 1.53 bits per heavy atom. The third kappa shape index (κ3) is 2.53. The van der Waals surface area contributed by atoms with Crippen molar-refractivity contribution in [3.63, 3.8) is 0 Å². The van der Waals surface area contributed by atoms with Crippen molar-refractivity contribution in [3.8, 4) is 0 Å². The molecule has 0 saturated heterocycles. The van der Waals surface area contributed by atoms with Gasteiger partial charge in [-0.15, -0.1) is 0 Å². The van der Waals surface area contributed by atoms with Crippen LogP contribution in [0.2, 0.25) is 0 Å². The van der Waals surface area contributed by atoms with Gasteiger partial charge in [0.15, 0.2) is 5.82 Å². The van der Waals surface area contributed by atoms with Crippen LogP contribution < -0.4 is 5.73 Å². The average molecular weight is 267 g/mol. The average Bonchev–Trinajstić information content (AvgIpc) is 2.42. The van der Waals surface area contributed by atoms with E-state index < -0.39 is 0 Å². The summed E-state index contributed by atoms with van der Waals surface area (Å²) >= 11 is 1.54. The number of nitrogens with zero attached hydrogens (tertiary/aromatic N) is 2. The van der Waals surface area contributed by atoms with Crippen molar-refractivity contribution in [1.82, 2.24) is 9.97 Å². The summed E-state index contributed by atoms with van der Waals surface area (Å²) in [5.74, 6) is 0.476. The van der Waals surface area contributed by atoms with Crippen molar-refractivity contribution >= 4 is 28.6 Å². The highest BCUT2D eigenvalue weighted by Crippen LogP contribution is 2.30. The maximum atomic E-state index is 5.97. The fourth-order valence-electron chi connectivity index (χ4n) is 1.79. The summed E-state index contributed by atoms with van der Waals surface area (Å²) in [6, 6.07) is 16.0. The smallest absolute Gasteiger partial charge is 0.157 e. The maximum Gasteiger partial charge on any atom is 0.157 e. The second-order valence-electron chi connectivity index (χ2n) is 4.32. The number of aryl methyl sites for hydroxylation is 1. The van der Waals surface area contributed by atoms with E-state index in [0.717, 1.165) is 21.0 Å². The Morgan fingerprint density at radius 3 is 2.21 bits per heavy atom. The molecular formula is C15H13N3S. The molecule has 0 aliphatic heterocycles. The second kappa shape index (κ2) is 4.90. The molecule has 0 fully saturated rings. The summed E-state index contributed by atoms with van der Waals surface area (Å²) in [5, 5.41) is 0.752. The lowest BCUT2D eigenvalue weighted by atomic mass is 10.2. The summed E-state index contributed by atoms with van der Waals surface area (Å²) in [6.07, 6.45) is 0. The minimum Gasteiger partial charge on any atom is -0.381 e. The van der Waals surface area contributed by atoms with Crippen molar-refractivity contribution in [2.45, 2.75) is 16.8 Å².